The molecular weight excluding hydrogens is 391 g/mol. The zero-order valence-corrected chi connectivity index (χ0v) is 16.0. The molecule has 0 aliphatic heterocycles. The molecule has 0 unspecified atom stereocenters. The molecular formula is C17H15FN4O3S2. The lowest BCUT2D eigenvalue weighted by atomic mass is 10.0. The Morgan fingerprint density at radius 2 is 2.00 bits per heavy atom. The Morgan fingerprint density at radius 1 is 1.33 bits per heavy atom. The lowest BCUT2D eigenvalue weighted by molar-refractivity contribution is -0.119. The maximum absolute atomic E-state index is 13.2. The molecule has 3 amide bonds. The predicted molar refractivity (Wildman–Crippen MR) is 103 cm³/mol. The van der Waals surface area contributed by atoms with Crippen LogP contribution < -0.4 is 16.6 Å². The van der Waals surface area contributed by atoms with Gasteiger partial charge in [-0.15, -0.1) is 11.3 Å². The number of thiophene rings is 1. The van der Waals surface area contributed by atoms with Gasteiger partial charge in [-0.05, 0) is 31.5 Å². The Bertz CT molecular complexity index is 1090. The Kier molecular flexibility index (Phi) is 5.29. The number of thioether (sulfide) groups is 1. The minimum absolute atomic E-state index is 0.256. The summed E-state index contributed by atoms with van der Waals surface area (Å²) in [6, 6.07) is 4.96. The summed E-state index contributed by atoms with van der Waals surface area (Å²) in [6.45, 7) is 3.43. The van der Waals surface area contributed by atoms with E-state index in [1.165, 1.54) is 23.5 Å². The number of urea groups is 1. The molecule has 2 aromatic heterocycles. The number of nitrogens with two attached hydrogens (primary N) is 1. The van der Waals surface area contributed by atoms with Crippen LogP contribution in [0.1, 0.15) is 11.8 Å². The molecule has 0 saturated heterocycles. The van der Waals surface area contributed by atoms with E-state index < -0.39 is 17.2 Å². The van der Waals surface area contributed by atoms with Gasteiger partial charge >= 0.3 is 6.03 Å². The van der Waals surface area contributed by atoms with Crippen LogP contribution in [0, 0.1) is 12.7 Å². The Labute approximate surface area is 161 Å². The van der Waals surface area contributed by atoms with Crippen LogP contribution in [0.25, 0.3) is 21.3 Å². The van der Waals surface area contributed by atoms with Gasteiger partial charge < -0.3 is 10.7 Å². The molecule has 0 fully saturated rings. The number of aryl methyl sites for hydroxylation is 1. The number of aromatic amines is 1. The molecule has 0 aliphatic carbocycles. The number of benzene rings is 1. The van der Waals surface area contributed by atoms with Crippen LogP contribution in [0.3, 0.4) is 0 Å². The number of H-pyrrole nitrogens is 1. The molecule has 3 rings (SSSR count). The zero-order valence-electron chi connectivity index (χ0n) is 14.3. The van der Waals surface area contributed by atoms with Crippen molar-refractivity contribution in [2.24, 2.45) is 5.73 Å². The largest absolute Gasteiger partial charge is 0.351 e. The van der Waals surface area contributed by atoms with E-state index in [9.17, 15) is 18.8 Å². The first-order chi connectivity index (χ1) is 12.8. The van der Waals surface area contributed by atoms with E-state index in [0.717, 1.165) is 22.2 Å². The van der Waals surface area contributed by atoms with E-state index in [2.05, 4.69) is 9.97 Å². The number of fused-ring (bicyclic) bond motifs is 1. The minimum atomic E-state index is -0.942. The molecule has 0 radical (unpaired) electrons. The maximum Gasteiger partial charge on any atom is 0.318 e. The van der Waals surface area contributed by atoms with Crippen molar-refractivity contribution in [3.05, 3.63) is 45.3 Å². The third-order valence-corrected chi connectivity index (χ3v) is 5.74. The van der Waals surface area contributed by atoms with Gasteiger partial charge in [0.05, 0.1) is 10.6 Å². The van der Waals surface area contributed by atoms with Gasteiger partial charge in [0.25, 0.3) is 5.56 Å². The van der Waals surface area contributed by atoms with Gasteiger partial charge in [0.2, 0.25) is 5.91 Å². The van der Waals surface area contributed by atoms with Crippen LogP contribution in [0.4, 0.5) is 9.18 Å². The highest BCUT2D eigenvalue weighted by Gasteiger charge is 2.20. The van der Waals surface area contributed by atoms with Crippen LogP contribution in [0.5, 0.6) is 0 Å². The third-order valence-electron chi connectivity index (χ3n) is 3.75. The number of nitrogens with one attached hydrogen (secondary N) is 2. The maximum atomic E-state index is 13.2. The fourth-order valence-electron chi connectivity index (χ4n) is 2.56. The third kappa shape index (κ3) is 4.01. The number of nitrogens with zero attached hydrogens (tertiary/aromatic N) is 1. The smallest absolute Gasteiger partial charge is 0.318 e. The molecule has 4 N–H and O–H groups in total. The molecule has 140 valence electrons. The number of halogens is 1. The average Bonchev–Trinajstić information content (AvgIpc) is 2.91. The van der Waals surface area contributed by atoms with Crippen LogP contribution in [-0.2, 0) is 4.79 Å². The molecule has 1 atom stereocenters. The van der Waals surface area contributed by atoms with Crippen molar-refractivity contribution in [1.29, 1.82) is 0 Å². The lowest BCUT2D eigenvalue weighted by Gasteiger charge is -2.09. The summed E-state index contributed by atoms with van der Waals surface area (Å²) in [7, 11) is 0. The number of carbonyl (C=O) groups is 2. The SMILES string of the molecule is Cc1sc2nc(S[C@H](C)C(=O)NC(N)=O)[nH]c(=O)c2c1-c1ccc(F)cc1. The Hall–Kier alpha value is -2.72. The molecule has 27 heavy (non-hydrogen) atoms. The normalized spacial score (nSPS) is 12.1. The monoisotopic (exact) mass is 406 g/mol. The van der Waals surface area contributed by atoms with E-state index in [1.807, 2.05) is 12.2 Å². The van der Waals surface area contributed by atoms with E-state index in [0.29, 0.717) is 15.8 Å². The van der Waals surface area contributed by atoms with Crippen LogP contribution in [0.2, 0.25) is 0 Å². The summed E-state index contributed by atoms with van der Waals surface area (Å²) in [5.41, 5.74) is 6.01. The zero-order chi connectivity index (χ0) is 19.7. The molecule has 7 nitrogen and oxygen atoms in total. The van der Waals surface area contributed by atoms with Crippen LogP contribution >= 0.6 is 23.1 Å². The van der Waals surface area contributed by atoms with Gasteiger partial charge in [0, 0.05) is 10.4 Å². The first-order valence-corrected chi connectivity index (χ1v) is 9.52. The van der Waals surface area contributed by atoms with Crippen molar-refractivity contribution in [1.82, 2.24) is 15.3 Å². The standard InChI is InChI=1S/C17H15FN4O3S2/c1-7-11(9-3-5-10(18)6-4-9)12-14(24)21-17(22-15(12)26-7)27-8(2)13(23)20-16(19)25/h3-6,8H,1-2H3,(H,21,22,24)(H3,19,20,23,25)/t8-/m1/s1. The summed E-state index contributed by atoms with van der Waals surface area (Å²) in [5, 5.41) is 1.98. The van der Waals surface area contributed by atoms with Crippen LogP contribution in [-0.4, -0.2) is 27.2 Å². The number of aromatic nitrogens is 2. The lowest BCUT2D eigenvalue weighted by Crippen LogP contribution is -2.39. The molecule has 0 saturated carbocycles. The predicted octanol–water partition coefficient (Wildman–Crippen LogP) is 2.77. The van der Waals surface area contributed by atoms with Gasteiger partial charge in [-0.2, -0.15) is 0 Å². The molecule has 0 spiro atoms. The van der Waals surface area contributed by atoms with E-state index in [4.69, 9.17) is 5.73 Å². The summed E-state index contributed by atoms with van der Waals surface area (Å²) in [5.74, 6) is -0.936. The molecule has 0 bridgehead atoms. The van der Waals surface area contributed by atoms with Crippen molar-refractivity contribution in [2.75, 3.05) is 0 Å². The van der Waals surface area contributed by atoms with Crippen molar-refractivity contribution >= 4 is 45.3 Å². The number of imide groups is 1. The second-order valence-corrected chi connectivity index (χ2v) is 8.24. The number of amides is 3. The molecule has 10 heteroatoms. The molecule has 2 heterocycles. The average molecular weight is 406 g/mol. The quantitative estimate of drug-likeness (QED) is 0.455. The number of primary amides is 1. The summed E-state index contributed by atoms with van der Waals surface area (Å²) in [6.07, 6.45) is 0. The highest BCUT2D eigenvalue weighted by Crippen LogP contribution is 2.36. The Morgan fingerprint density at radius 3 is 2.63 bits per heavy atom. The first kappa shape index (κ1) is 19.1. The van der Waals surface area contributed by atoms with Crippen molar-refractivity contribution < 1.29 is 14.0 Å². The minimum Gasteiger partial charge on any atom is -0.351 e. The first-order valence-electron chi connectivity index (χ1n) is 7.82. The molecule has 0 aliphatic rings. The number of rotatable bonds is 4. The van der Waals surface area contributed by atoms with E-state index in [-0.39, 0.29) is 16.5 Å². The second-order valence-electron chi connectivity index (χ2n) is 5.70. The highest BCUT2D eigenvalue weighted by atomic mass is 32.2. The van der Waals surface area contributed by atoms with Gasteiger partial charge in [0.1, 0.15) is 10.6 Å². The summed E-state index contributed by atoms with van der Waals surface area (Å²) >= 11 is 2.35. The van der Waals surface area contributed by atoms with Gasteiger partial charge in [-0.1, -0.05) is 23.9 Å². The van der Waals surface area contributed by atoms with E-state index in [1.54, 1.807) is 19.1 Å². The summed E-state index contributed by atoms with van der Waals surface area (Å²) in [4.78, 5) is 43.7. The van der Waals surface area contributed by atoms with Gasteiger partial charge in [0.15, 0.2) is 5.16 Å². The second kappa shape index (κ2) is 7.49. The number of hydrogen-bond acceptors (Lipinski definition) is 6. The van der Waals surface area contributed by atoms with E-state index >= 15 is 0 Å². The topological polar surface area (TPSA) is 118 Å². The number of hydrogen-bond donors (Lipinski definition) is 3. The molecule has 3 aromatic rings. The fourth-order valence-corrected chi connectivity index (χ4v) is 4.46. The van der Waals surface area contributed by atoms with Crippen LogP contribution in [0.15, 0.2) is 34.2 Å². The van der Waals surface area contributed by atoms with Crippen molar-refractivity contribution in [3.63, 3.8) is 0 Å². The van der Waals surface area contributed by atoms with Gasteiger partial charge in [-0.3, -0.25) is 14.9 Å². The number of carbonyl (C=O) groups excluding carboxylic acids is 2. The Balaban J connectivity index is 1.99. The molecule has 1 aromatic carbocycles. The van der Waals surface area contributed by atoms with Gasteiger partial charge in [-0.25, -0.2) is 14.2 Å². The summed E-state index contributed by atoms with van der Waals surface area (Å²) < 4.78 is 13.2. The highest BCUT2D eigenvalue weighted by molar-refractivity contribution is 8.00. The van der Waals surface area contributed by atoms with Crippen molar-refractivity contribution in [2.45, 2.75) is 24.3 Å². The fraction of sp³-hybridized carbons (Fsp3) is 0.176. The van der Waals surface area contributed by atoms with Crippen molar-refractivity contribution in [3.8, 4) is 11.1 Å².